The number of fused-ring (bicyclic) bond motifs is 5. The van der Waals surface area contributed by atoms with Crippen LogP contribution in [0.1, 0.15) is 57.8 Å². The number of carbonyl (C=O) groups is 1. The van der Waals surface area contributed by atoms with Crippen molar-refractivity contribution in [2.24, 2.45) is 23.7 Å². The van der Waals surface area contributed by atoms with Gasteiger partial charge in [-0.2, -0.15) is 0 Å². The van der Waals surface area contributed by atoms with Gasteiger partial charge in [0.05, 0.1) is 0 Å². The third-order valence-electron chi connectivity index (χ3n) is 6.66. The fourth-order valence-corrected chi connectivity index (χ4v) is 5.82. The normalized spacial score (nSPS) is 45.8. The van der Waals surface area contributed by atoms with E-state index >= 15 is 0 Å². The highest BCUT2D eigenvalue weighted by Crippen LogP contribution is 2.58. The maximum atomic E-state index is 12.2. The highest BCUT2D eigenvalue weighted by molar-refractivity contribution is 5.76. The molecule has 0 aromatic carbocycles. The minimum Gasteiger partial charge on any atom is -0.353 e. The molecule has 20 heavy (non-hydrogen) atoms. The van der Waals surface area contributed by atoms with Gasteiger partial charge in [-0.25, -0.2) is 0 Å². The third kappa shape index (κ3) is 2.28. The number of carbonyl (C=O) groups excluding carboxylic acids is 1. The van der Waals surface area contributed by atoms with Crippen molar-refractivity contribution in [1.82, 2.24) is 10.6 Å². The average Bonchev–Trinajstić information content (AvgIpc) is 3.18. The van der Waals surface area contributed by atoms with Crippen molar-refractivity contribution < 1.29 is 4.79 Å². The van der Waals surface area contributed by atoms with Gasteiger partial charge in [0, 0.05) is 18.5 Å². The summed E-state index contributed by atoms with van der Waals surface area (Å²) in [7, 11) is 0. The Morgan fingerprint density at radius 3 is 2.80 bits per heavy atom. The molecule has 0 aromatic rings. The molecule has 3 heteroatoms. The van der Waals surface area contributed by atoms with Crippen LogP contribution in [0.4, 0.5) is 0 Å². The summed E-state index contributed by atoms with van der Waals surface area (Å²) in [5, 5.41) is 6.86. The van der Waals surface area contributed by atoms with Crippen molar-refractivity contribution in [2.45, 2.75) is 69.9 Å². The van der Waals surface area contributed by atoms with Crippen molar-refractivity contribution in [1.29, 1.82) is 0 Å². The minimum absolute atomic E-state index is 0.311. The molecule has 112 valence electrons. The Hall–Kier alpha value is -0.570. The molecule has 1 saturated heterocycles. The van der Waals surface area contributed by atoms with Gasteiger partial charge in [-0.15, -0.1) is 0 Å². The van der Waals surface area contributed by atoms with Crippen LogP contribution in [-0.4, -0.2) is 24.5 Å². The maximum Gasteiger partial charge on any atom is 0.220 e. The van der Waals surface area contributed by atoms with Gasteiger partial charge in [0.15, 0.2) is 0 Å². The van der Waals surface area contributed by atoms with Crippen molar-refractivity contribution in [3.8, 4) is 0 Å². The van der Waals surface area contributed by atoms with E-state index in [1.807, 2.05) is 0 Å². The lowest BCUT2D eigenvalue weighted by atomic mass is 9.79. The summed E-state index contributed by atoms with van der Waals surface area (Å²) in [6.07, 6.45) is 11.3. The molecule has 1 amide bonds. The molecule has 6 atom stereocenters. The standard InChI is InChI=1S/C17H28N2O/c20-17(7-6-12-3-2-8-18-12)19-16-10-11-9-15(16)14-5-1-4-13(11)14/h11-16,18H,1-10H2,(H,19,20). The summed E-state index contributed by atoms with van der Waals surface area (Å²) < 4.78 is 0. The topological polar surface area (TPSA) is 41.1 Å². The second-order valence-electron chi connectivity index (χ2n) is 7.66. The molecule has 3 saturated carbocycles. The van der Waals surface area contributed by atoms with Crippen LogP contribution in [-0.2, 0) is 4.79 Å². The van der Waals surface area contributed by atoms with E-state index in [1.54, 1.807) is 0 Å². The molecule has 6 unspecified atom stereocenters. The van der Waals surface area contributed by atoms with Crippen molar-refractivity contribution in [2.75, 3.05) is 6.54 Å². The fraction of sp³-hybridized carbons (Fsp3) is 0.941. The predicted molar refractivity (Wildman–Crippen MR) is 79.2 cm³/mol. The Balaban J connectivity index is 1.26. The Bertz CT molecular complexity index is 377. The van der Waals surface area contributed by atoms with Gasteiger partial charge < -0.3 is 10.6 Å². The molecule has 1 aliphatic heterocycles. The summed E-state index contributed by atoms with van der Waals surface area (Å²) in [6.45, 7) is 1.14. The highest BCUT2D eigenvalue weighted by atomic mass is 16.1. The molecule has 0 spiro atoms. The molecule has 0 aromatic heterocycles. The second kappa shape index (κ2) is 5.32. The molecule has 0 radical (unpaired) electrons. The van der Waals surface area contributed by atoms with Crippen LogP contribution in [0.3, 0.4) is 0 Å². The highest BCUT2D eigenvalue weighted by Gasteiger charge is 2.53. The molecule has 4 rings (SSSR count). The molecule has 4 aliphatic rings. The van der Waals surface area contributed by atoms with Crippen LogP contribution >= 0.6 is 0 Å². The first kappa shape index (κ1) is 13.1. The number of hydrogen-bond donors (Lipinski definition) is 2. The van der Waals surface area contributed by atoms with Gasteiger partial charge in [0.1, 0.15) is 0 Å². The first-order chi connectivity index (χ1) is 9.81. The fourth-order valence-electron chi connectivity index (χ4n) is 5.82. The Morgan fingerprint density at radius 1 is 1.05 bits per heavy atom. The minimum atomic E-state index is 0.311. The van der Waals surface area contributed by atoms with Crippen LogP contribution in [0.15, 0.2) is 0 Å². The molecular weight excluding hydrogens is 248 g/mol. The molecule has 3 nitrogen and oxygen atoms in total. The predicted octanol–water partition coefficient (Wildman–Crippen LogP) is 2.46. The van der Waals surface area contributed by atoms with Crippen LogP contribution in [0.5, 0.6) is 0 Å². The SMILES string of the molecule is O=C(CCC1CCCN1)NC1CC2CC1C1CCCC21. The molecule has 4 fully saturated rings. The summed E-state index contributed by atoms with van der Waals surface area (Å²) in [5.41, 5.74) is 0. The molecule has 2 bridgehead atoms. The van der Waals surface area contributed by atoms with Crippen LogP contribution in [0, 0.1) is 23.7 Å². The van der Waals surface area contributed by atoms with E-state index in [0.29, 0.717) is 18.0 Å². The summed E-state index contributed by atoms with van der Waals surface area (Å²) in [5.74, 6) is 4.05. The van der Waals surface area contributed by atoms with E-state index in [-0.39, 0.29) is 0 Å². The summed E-state index contributed by atoms with van der Waals surface area (Å²) >= 11 is 0. The molecule has 2 N–H and O–H groups in total. The lowest BCUT2D eigenvalue weighted by Crippen LogP contribution is -2.42. The number of nitrogens with one attached hydrogen (secondary N) is 2. The van der Waals surface area contributed by atoms with Gasteiger partial charge in [0.25, 0.3) is 0 Å². The lowest BCUT2D eigenvalue weighted by molar-refractivity contribution is -0.122. The zero-order valence-electron chi connectivity index (χ0n) is 12.4. The van der Waals surface area contributed by atoms with E-state index in [1.165, 1.54) is 44.9 Å². The van der Waals surface area contributed by atoms with Gasteiger partial charge in [-0.3, -0.25) is 4.79 Å². The average molecular weight is 276 g/mol. The quantitative estimate of drug-likeness (QED) is 0.828. The Morgan fingerprint density at radius 2 is 1.95 bits per heavy atom. The van der Waals surface area contributed by atoms with Gasteiger partial charge in [-0.05, 0) is 75.2 Å². The largest absolute Gasteiger partial charge is 0.353 e. The Kier molecular flexibility index (Phi) is 3.49. The van der Waals surface area contributed by atoms with E-state index in [0.717, 1.165) is 43.1 Å². The lowest BCUT2D eigenvalue weighted by Gasteiger charge is -2.32. The molecule has 3 aliphatic carbocycles. The van der Waals surface area contributed by atoms with Crippen molar-refractivity contribution in [3.63, 3.8) is 0 Å². The smallest absolute Gasteiger partial charge is 0.220 e. The number of hydrogen-bond acceptors (Lipinski definition) is 2. The van der Waals surface area contributed by atoms with E-state index in [9.17, 15) is 4.79 Å². The zero-order chi connectivity index (χ0) is 13.5. The summed E-state index contributed by atoms with van der Waals surface area (Å²) in [4.78, 5) is 12.2. The first-order valence-electron chi connectivity index (χ1n) is 8.84. The molecular formula is C17H28N2O. The van der Waals surface area contributed by atoms with E-state index in [2.05, 4.69) is 10.6 Å². The molecule has 1 heterocycles. The van der Waals surface area contributed by atoms with E-state index in [4.69, 9.17) is 0 Å². The number of amides is 1. The summed E-state index contributed by atoms with van der Waals surface area (Å²) in [6, 6.07) is 1.11. The number of rotatable bonds is 4. The van der Waals surface area contributed by atoms with Crippen molar-refractivity contribution in [3.05, 3.63) is 0 Å². The third-order valence-corrected chi connectivity index (χ3v) is 6.66. The first-order valence-corrected chi connectivity index (χ1v) is 8.84. The zero-order valence-corrected chi connectivity index (χ0v) is 12.4. The van der Waals surface area contributed by atoms with Gasteiger partial charge in [-0.1, -0.05) is 6.42 Å². The maximum absolute atomic E-state index is 12.2. The van der Waals surface area contributed by atoms with Crippen molar-refractivity contribution >= 4 is 5.91 Å². The van der Waals surface area contributed by atoms with Gasteiger partial charge >= 0.3 is 0 Å². The van der Waals surface area contributed by atoms with E-state index < -0.39 is 0 Å². The van der Waals surface area contributed by atoms with Gasteiger partial charge in [0.2, 0.25) is 5.91 Å². The second-order valence-corrected chi connectivity index (χ2v) is 7.66. The van der Waals surface area contributed by atoms with Crippen LogP contribution in [0.2, 0.25) is 0 Å². The van der Waals surface area contributed by atoms with Crippen LogP contribution < -0.4 is 10.6 Å². The van der Waals surface area contributed by atoms with Crippen LogP contribution in [0.25, 0.3) is 0 Å². The monoisotopic (exact) mass is 276 g/mol. The Labute approximate surface area is 122 Å².